The normalized spacial score (nSPS) is 20.5. The lowest BCUT2D eigenvalue weighted by Gasteiger charge is -2.27. The topological polar surface area (TPSA) is 80.0 Å². The Labute approximate surface area is 146 Å². The molecule has 1 saturated heterocycles. The third kappa shape index (κ3) is 2.87. The molecule has 26 heavy (non-hydrogen) atoms. The second kappa shape index (κ2) is 6.22. The molecule has 1 aliphatic rings. The molecule has 6 nitrogen and oxygen atoms in total. The predicted octanol–water partition coefficient (Wildman–Crippen LogP) is 2.85. The molecule has 3 rings (SSSR count). The number of furan rings is 1. The molecular weight excluding hydrogens is 355 g/mol. The quantitative estimate of drug-likeness (QED) is 0.894. The predicted molar refractivity (Wildman–Crippen MR) is 83.8 cm³/mol. The summed E-state index contributed by atoms with van der Waals surface area (Å²) in [5, 5.41) is 9.71. The van der Waals surface area contributed by atoms with Crippen LogP contribution in [-0.4, -0.2) is 48.3 Å². The molecule has 1 aromatic heterocycles. The summed E-state index contributed by atoms with van der Waals surface area (Å²) >= 11 is 0. The summed E-state index contributed by atoms with van der Waals surface area (Å²) in [4.78, 5) is 24.6. The highest BCUT2D eigenvalue weighted by molar-refractivity contribution is 5.89. The molecule has 1 aromatic carbocycles. The van der Waals surface area contributed by atoms with Crippen LogP contribution in [0.5, 0.6) is 5.75 Å². The summed E-state index contributed by atoms with van der Waals surface area (Å²) in [6.45, 7) is -1.14. The number of hydrogen-bond donors (Lipinski definition) is 1. The average Bonchev–Trinajstić information content (AvgIpc) is 3.19. The number of likely N-dealkylation sites (tertiary alicyclic amines) is 1. The Hall–Kier alpha value is -2.71. The van der Waals surface area contributed by atoms with E-state index in [1.807, 2.05) is 0 Å². The Morgan fingerprint density at radius 1 is 1.38 bits per heavy atom. The molecule has 140 valence electrons. The van der Waals surface area contributed by atoms with Crippen molar-refractivity contribution >= 4 is 22.8 Å². The largest absolute Gasteiger partial charge is 0.497 e. The molecule has 1 aliphatic heterocycles. The smallest absolute Gasteiger partial charge is 0.406 e. The van der Waals surface area contributed by atoms with Crippen LogP contribution in [0, 0.1) is 5.41 Å². The molecule has 0 spiro atoms. The number of carbonyl (C=O) groups excluding carboxylic acids is 1. The van der Waals surface area contributed by atoms with Gasteiger partial charge in [0.1, 0.15) is 11.3 Å². The van der Waals surface area contributed by atoms with E-state index >= 15 is 0 Å². The van der Waals surface area contributed by atoms with E-state index in [0.717, 1.165) is 4.90 Å². The number of alkyl halides is 3. The van der Waals surface area contributed by atoms with Crippen molar-refractivity contribution in [2.24, 2.45) is 5.41 Å². The molecule has 1 fully saturated rings. The molecule has 1 unspecified atom stereocenters. The van der Waals surface area contributed by atoms with Crippen LogP contribution in [0.3, 0.4) is 0 Å². The molecule has 1 atom stereocenters. The van der Waals surface area contributed by atoms with Crippen LogP contribution in [0.15, 0.2) is 28.9 Å². The van der Waals surface area contributed by atoms with Crippen LogP contribution in [-0.2, 0) is 16.0 Å². The van der Waals surface area contributed by atoms with Gasteiger partial charge in [0, 0.05) is 30.1 Å². The molecule has 0 radical (unpaired) electrons. The van der Waals surface area contributed by atoms with E-state index in [1.165, 1.54) is 13.4 Å². The highest BCUT2D eigenvalue weighted by Crippen LogP contribution is 2.45. The number of halogens is 3. The van der Waals surface area contributed by atoms with Gasteiger partial charge in [-0.05, 0) is 18.6 Å². The van der Waals surface area contributed by atoms with Gasteiger partial charge in [-0.2, -0.15) is 13.2 Å². The van der Waals surface area contributed by atoms with Gasteiger partial charge >= 0.3 is 12.1 Å². The monoisotopic (exact) mass is 371 g/mol. The lowest BCUT2D eigenvalue weighted by Crippen LogP contribution is -2.47. The standard InChI is InChI=1S/C17H16F3NO5/c1-25-11-2-3-12-10(8-26-13(12)7-11)6-14(22)21-5-4-16(9-21,15(23)24)17(18,19)20/h2-3,7-8H,4-6,9H2,1H3,(H,23,24). The Morgan fingerprint density at radius 3 is 2.69 bits per heavy atom. The third-order valence-electron chi connectivity index (χ3n) is 4.78. The number of methoxy groups -OCH3 is 1. The number of amides is 1. The fourth-order valence-electron chi connectivity index (χ4n) is 3.15. The number of fused-ring (bicyclic) bond motifs is 1. The number of ether oxygens (including phenoxy) is 1. The highest BCUT2D eigenvalue weighted by Gasteiger charge is 2.64. The number of carboxylic acids is 1. The minimum atomic E-state index is -4.92. The first-order chi connectivity index (χ1) is 12.2. The zero-order valence-corrected chi connectivity index (χ0v) is 13.8. The first-order valence-corrected chi connectivity index (χ1v) is 7.80. The van der Waals surface area contributed by atoms with Crippen molar-refractivity contribution in [2.75, 3.05) is 20.2 Å². The molecule has 9 heteroatoms. The lowest BCUT2D eigenvalue weighted by molar-refractivity contribution is -0.227. The van der Waals surface area contributed by atoms with Gasteiger partial charge in [-0.1, -0.05) is 0 Å². The van der Waals surface area contributed by atoms with Gasteiger partial charge in [0.15, 0.2) is 5.41 Å². The van der Waals surface area contributed by atoms with Gasteiger partial charge in [-0.15, -0.1) is 0 Å². The van der Waals surface area contributed by atoms with Crippen LogP contribution < -0.4 is 4.74 Å². The minimum Gasteiger partial charge on any atom is -0.497 e. The first kappa shape index (κ1) is 18.1. The number of benzene rings is 1. The number of hydrogen-bond acceptors (Lipinski definition) is 4. The summed E-state index contributed by atoms with van der Waals surface area (Å²) < 4.78 is 50.1. The van der Waals surface area contributed by atoms with Gasteiger partial charge in [-0.25, -0.2) is 0 Å². The fourth-order valence-corrected chi connectivity index (χ4v) is 3.15. The van der Waals surface area contributed by atoms with Crippen molar-refractivity contribution in [1.82, 2.24) is 4.90 Å². The van der Waals surface area contributed by atoms with E-state index in [4.69, 9.17) is 14.3 Å². The lowest BCUT2D eigenvalue weighted by atomic mass is 9.86. The molecule has 1 N–H and O–H groups in total. The van der Waals surface area contributed by atoms with E-state index in [-0.39, 0.29) is 13.0 Å². The SMILES string of the molecule is COc1ccc2c(CC(=O)N3CCC(C(=O)O)(C(F)(F)F)C3)coc2c1. The molecule has 2 heterocycles. The molecule has 2 aromatic rings. The van der Waals surface area contributed by atoms with Crippen LogP contribution in [0.2, 0.25) is 0 Å². The van der Waals surface area contributed by atoms with Gasteiger partial charge in [-0.3, -0.25) is 9.59 Å². The van der Waals surface area contributed by atoms with Crippen LogP contribution >= 0.6 is 0 Å². The van der Waals surface area contributed by atoms with Crippen LogP contribution in [0.4, 0.5) is 13.2 Å². The fraction of sp³-hybridized carbons (Fsp3) is 0.412. The van der Waals surface area contributed by atoms with Crippen molar-refractivity contribution in [3.63, 3.8) is 0 Å². The van der Waals surface area contributed by atoms with Crippen LogP contribution in [0.25, 0.3) is 11.0 Å². The zero-order chi connectivity index (χ0) is 19.1. The molecular formula is C17H16F3NO5. The van der Waals surface area contributed by atoms with E-state index in [1.54, 1.807) is 18.2 Å². The highest BCUT2D eigenvalue weighted by atomic mass is 19.4. The first-order valence-electron chi connectivity index (χ1n) is 7.80. The Morgan fingerprint density at radius 2 is 2.12 bits per heavy atom. The maximum absolute atomic E-state index is 13.2. The summed E-state index contributed by atoms with van der Waals surface area (Å²) in [5.74, 6) is -1.96. The number of rotatable bonds is 4. The Kier molecular flexibility index (Phi) is 4.33. The van der Waals surface area contributed by atoms with Crippen LogP contribution in [0.1, 0.15) is 12.0 Å². The Bertz CT molecular complexity index is 860. The van der Waals surface area contributed by atoms with E-state index in [0.29, 0.717) is 22.3 Å². The van der Waals surface area contributed by atoms with Crippen molar-refractivity contribution < 1.29 is 37.0 Å². The van der Waals surface area contributed by atoms with Gasteiger partial charge < -0.3 is 19.2 Å². The van der Waals surface area contributed by atoms with E-state index < -0.39 is 36.4 Å². The van der Waals surface area contributed by atoms with Crippen molar-refractivity contribution in [3.05, 3.63) is 30.0 Å². The summed E-state index contributed by atoms with van der Waals surface area (Å²) in [5.41, 5.74) is -1.90. The molecule has 0 bridgehead atoms. The Balaban J connectivity index is 1.78. The average molecular weight is 371 g/mol. The summed E-state index contributed by atoms with van der Waals surface area (Å²) in [6, 6.07) is 5.01. The number of carboxylic acid groups (broad SMARTS) is 1. The summed E-state index contributed by atoms with van der Waals surface area (Å²) in [7, 11) is 1.50. The van der Waals surface area contributed by atoms with E-state index in [2.05, 4.69) is 0 Å². The molecule has 1 amide bonds. The van der Waals surface area contributed by atoms with Gasteiger partial charge in [0.05, 0.1) is 19.8 Å². The van der Waals surface area contributed by atoms with Crippen molar-refractivity contribution in [3.8, 4) is 5.75 Å². The van der Waals surface area contributed by atoms with Crippen molar-refractivity contribution in [1.29, 1.82) is 0 Å². The maximum Gasteiger partial charge on any atom is 0.406 e. The minimum absolute atomic E-state index is 0.174. The van der Waals surface area contributed by atoms with Gasteiger partial charge in [0.2, 0.25) is 5.91 Å². The van der Waals surface area contributed by atoms with Crippen molar-refractivity contribution in [2.45, 2.75) is 19.0 Å². The second-order valence-corrected chi connectivity index (χ2v) is 6.25. The van der Waals surface area contributed by atoms with E-state index in [9.17, 15) is 22.8 Å². The maximum atomic E-state index is 13.2. The third-order valence-corrected chi connectivity index (χ3v) is 4.78. The molecule has 0 aliphatic carbocycles. The molecule has 0 saturated carbocycles. The van der Waals surface area contributed by atoms with Gasteiger partial charge in [0.25, 0.3) is 0 Å². The number of carbonyl (C=O) groups is 2. The number of nitrogens with zero attached hydrogens (tertiary/aromatic N) is 1. The number of aliphatic carboxylic acids is 1. The zero-order valence-electron chi connectivity index (χ0n) is 13.8. The second-order valence-electron chi connectivity index (χ2n) is 6.25. The summed E-state index contributed by atoms with van der Waals surface area (Å²) in [6.07, 6.45) is -4.38.